The highest BCUT2D eigenvalue weighted by molar-refractivity contribution is 7.80. The molecule has 1 unspecified atom stereocenters. The lowest BCUT2D eigenvalue weighted by Gasteiger charge is -2.21. The van der Waals surface area contributed by atoms with Crippen LogP contribution in [0.4, 0.5) is 0 Å². The number of benzene rings is 2. The van der Waals surface area contributed by atoms with E-state index >= 15 is 0 Å². The van der Waals surface area contributed by atoms with E-state index in [0.29, 0.717) is 23.1 Å². The first-order valence-corrected chi connectivity index (χ1v) is 8.57. The predicted octanol–water partition coefficient (Wildman–Crippen LogP) is 5.90. The van der Waals surface area contributed by atoms with Crippen LogP contribution in [0.1, 0.15) is 49.0 Å². The molecule has 0 radical (unpaired) electrons. The summed E-state index contributed by atoms with van der Waals surface area (Å²) in [5.41, 5.74) is 2.93. The number of hydrogen-bond donors (Lipinski definition) is 1. The molecule has 1 atom stereocenters. The summed E-state index contributed by atoms with van der Waals surface area (Å²) in [6.07, 6.45) is 0.965. The molecular formula is C21H24O2S. The van der Waals surface area contributed by atoms with Crippen molar-refractivity contribution in [2.75, 3.05) is 0 Å². The first-order valence-electron chi connectivity index (χ1n) is 8.12. The number of ether oxygens (including phenoxy) is 1. The van der Waals surface area contributed by atoms with E-state index in [1.54, 1.807) is 24.3 Å². The molecule has 0 bridgehead atoms. The van der Waals surface area contributed by atoms with Gasteiger partial charge in [-0.3, -0.25) is 0 Å². The molecule has 0 N–H and O–H groups in total. The van der Waals surface area contributed by atoms with Crippen molar-refractivity contribution in [1.29, 1.82) is 0 Å². The molecule has 2 aromatic carbocycles. The standard InChI is InChI=1S/C21H24O2S/c1-14(2)13-20(15(3)4)16-5-9-18(10-6-16)23-21(22)17-7-11-19(24)12-8-17/h5-12,15,20,24H,1,13H2,2-4H3. The highest BCUT2D eigenvalue weighted by atomic mass is 32.1. The molecule has 126 valence electrons. The lowest BCUT2D eigenvalue weighted by Crippen LogP contribution is -2.09. The predicted molar refractivity (Wildman–Crippen MR) is 102 cm³/mol. The summed E-state index contributed by atoms with van der Waals surface area (Å²) >= 11 is 4.21. The van der Waals surface area contributed by atoms with Crippen LogP contribution in [0.2, 0.25) is 0 Å². The summed E-state index contributed by atoms with van der Waals surface area (Å²) in [7, 11) is 0. The Bertz CT molecular complexity index is 700. The van der Waals surface area contributed by atoms with Gasteiger partial charge >= 0.3 is 5.97 Å². The maximum absolute atomic E-state index is 12.1. The van der Waals surface area contributed by atoms with Gasteiger partial charge in [-0.2, -0.15) is 0 Å². The Labute approximate surface area is 150 Å². The highest BCUT2D eigenvalue weighted by Gasteiger charge is 2.16. The zero-order valence-electron chi connectivity index (χ0n) is 14.5. The van der Waals surface area contributed by atoms with E-state index in [4.69, 9.17) is 4.74 Å². The fourth-order valence-corrected chi connectivity index (χ4v) is 2.81. The number of hydrogen-bond acceptors (Lipinski definition) is 3. The van der Waals surface area contributed by atoms with Gasteiger partial charge in [0.15, 0.2) is 0 Å². The second-order valence-corrected chi connectivity index (χ2v) is 7.03. The van der Waals surface area contributed by atoms with Crippen LogP contribution in [0, 0.1) is 5.92 Å². The van der Waals surface area contributed by atoms with Crippen LogP contribution < -0.4 is 4.74 Å². The van der Waals surface area contributed by atoms with Crippen LogP contribution in [-0.2, 0) is 0 Å². The molecule has 2 rings (SSSR count). The SMILES string of the molecule is C=C(C)CC(c1ccc(OC(=O)c2ccc(S)cc2)cc1)C(C)C. The lowest BCUT2D eigenvalue weighted by atomic mass is 9.84. The van der Waals surface area contributed by atoms with Gasteiger partial charge in [-0.25, -0.2) is 4.79 Å². The molecule has 0 saturated carbocycles. The molecule has 0 spiro atoms. The number of rotatable bonds is 6. The van der Waals surface area contributed by atoms with Crippen molar-refractivity contribution in [1.82, 2.24) is 0 Å². The Morgan fingerprint density at radius 2 is 1.67 bits per heavy atom. The van der Waals surface area contributed by atoms with Gasteiger partial charge in [0.25, 0.3) is 0 Å². The number of carbonyl (C=O) groups is 1. The van der Waals surface area contributed by atoms with Crippen molar-refractivity contribution in [2.24, 2.45) is 5.92 Å². The maximum Gasteiger partial charge on any atom is 0.343 e. The van der Waals surface area contributed by atoms with Gasteiger partial charge in [-0.1, -0.05) is 31.6 Å². The van der Waals surface area contributed by atoms with E-state index in [0.717, 1.165) is 11.3 Å². The van der Waals surface area contributed by atoms with Gasteiger partial charge in [-0.15, -0.1) is 19.2 Å². The molecule has 2 nitrogen and oxygen atoms in total. The quantitative estimate of drug-likeness (QED) is 0.307. The normalized spacial score (nSPS) is 12.0. The number of thiol groups is 1. The Kier molecular flexibility index (Phi) is 6.27. The topological polar surface area (TPSA) is 26.3 Å². The molecule has 0 fully saturated rings. The zero-order chi connectivity index (χ0) is 17.7. The summed E-state index contributed by atoms with van der Waals surface area (Å²) in [4.78, 5) is 13.0. The van der Waals surface area contributed by atoms with Crippen LogP contribution in [0.25, 0.3) is 0 Å². The lowest BCUT2D eigenvalue weighted by molar-refractivity contribution is 0.0734. The second-order valence-electron chi connectivity index (χ2n) is 6.52. The number of carbonyl (C=O) groups excluding carboxylic acids is 1. The van der Waals surface area contributed by atoms with Gasteiger partial charge in [0.2, 0.25) is 0 Å². The molecule has 0 saturated heterocycles. The smallest absolute Gasteiger partial charge is 0.343 e. The molecule has 0 aliphatic rings. The Balaban J connectivity index is 2.09. The summed E-state index contributed by atoms with van der Waals surface area (Å²) in [6, 6.07) is 14.7. The van der Waals surface area contributed by atoms with E-state index in [9.17, 15) is 4.79 Å². The Hall–Kier alpha value is -2.00. The van der Waals surface area contributed by atoms with Crippen molar-refractivity contribution in [3.63, 3.8) is 0 Å². The van der Waals surface area contributed by atoms with Crippen molar-refractivity contribution in [2.45, 2.75) is 38.0 Å². The third-order valence-corrected chi connectivity index (χ3v) is 4.29. The summed E-state index contributed by atoms with van der Waals surface area (Å²) in [5.74, 6) is 1.14. The first-order chi connectivity index (χ1) is 11.4. The fourth-order valence-electron chi connectivity index (χ4n) is 2.66. The minimum absolute atomic E-state index is 0.363. The molecule has 3 heteroatoms. The number of allylic oxidation sites excluding steroid dienone is 1. The molecular weight excluding hydrogens is 316 g/mol. The highest BCUT2D eigenvalue weighted by Crippen LogP contribution is 2.31. The monoisotopic (exact) mass is 340 g/mol. The molecule has 0 aliphatic carbocycles. The molecule has 0 heterocycles. The van der Waals surface area contributed by atoms with Crippen LogP contribution in [0.5, 0.6) is 5.75 Å². The minimum Gasteiger partial charge on any atom is -0.423 e. The van der Waals surface area contributed by atoms with Crippen LogP contribution in [-0.4, -0.2) is 5.97 Å². The van der Waals surface area contributed by atoms with Crippen molar-refractivity contribution in [3.05, 3.63) is 71.8 Å². The molecule has 0 aromatic heterocycles. The van der Waals surface area contributed by atoms with Crippen LogP contribution in [0.15, 0.2) is 65.6 Å². The Morgan fingerprint density at radius 1 is 1.08 bits per heavy atom. The molecule has 2 aromatic rings. The van der Waals surface area contributed by atoms with E-state index in [-0.39, 0.29) is 5.97 Å². The van der Waals surface area contributed by atoms with E-state index < -0.39 is 0 Å². The van der Waals surface area contributed by atoms with E-state index in [1.165, 1.54) is 11.1 Å². The fraction of sp³-hybridized carbons (Fsp3) is 0.286. The summed E-state index contributed by atoms with van der Waals surface area (Å²) in [6.45, 7) is 10.5. The third kappa shape index (κ3) is 5.00. The first kappa shape index (κ1) is 18.3. The second kappa shape index (κ2) is 8.20. The molecule has 0 amide bonds. The average molecular weight is 340 g/mol. The number of esters is 1. The van der Waals surface area contributed by atoms with Crippen LogP contribution in [0.3, 0.4) is 0 Å². The van der Waals surface area contributed by atoms with Crippen LogP contribution >= 0.6 is 12.6 Å². The van der Waals surface area contributed by atoms with Crippen molar-refractivity contribution in [3.8, 4) is 5.75 Å². The summed E-state index contributed by atoms with van der Waals surface area (Å²) < 4.78 is 5.44. The van der Waals surface area contributed by atoms with Gasteiger partial charge in [-0.05, 0) is 67.1 Å². The summed E-state index contributed by atoms with van der Waals surface area (Å²) in [5, 5.41) is 0. The Morgan fingerprint density at radius 3 is 2.17 bits per heavy atom. The average Bonchev–Trinajstić information content (AvgIpc) is 2.53. The molecule has 0 aliphatic heterocycles. The van der Waals surface area contributed by atoms with Gasteiger partial charge in [0.1, 0.15) is 5.75 Å². The van der Waals surface area contributed by atoms with Crippen molar-refractivity contribution >= 4 is 18.6 Å². The van der Waals surface area contributed by atoms with Gasteiger partial charge in [0.05, 0.1) is 5.56 Å². The van der Waals surface area contributed by atoms with Gasteiger partial charge in [0, 0.05) is 4.90 Å². The van der Waals surface area contributed by atoms with Gasteiger partial charge < -0.3 is 4.74 Å². The third-order valence-electron chi connectivity index (χ3n) is 3.99. The van der Waals surface area contributed by atoms with Crippen molar-refractivity contribution < 1.29 is 9.53 Å². The van der Waals surface area contributed by atoms with E-state index in [1.807, 2.05) is 24.3 Å². The minimum atomic E-state index is -0.363. The molecule has 24 heavy (non-hydrogen) atoms. The van der Waals surface area contributed by atoms with E-state index in [2.05, 4.69) is 40.0 Å². The largest absolute Gasteiger partial charge is 0.423 e. The zero-order valence-corrected chi connectivity index (χ0v) is 15.3. The maximum atomic E-state index is 12.1.